The van der Waals surface area contributed by atoms with Gasteiger partial charge in [-0.05, 0) is 69.2 Å². The van der Waals surface area contributed by atoms with Gasteiger partial charge in [0.05, 0.1) is 0 Å². The van der Waals surface area contributed by atoms with Gasteiger partial charge in [0.25, 0.3) is 0 Å². The number of nitrogens with zero attached hydrogens (tertiary/aromatic N) is 1. The Hall–Kier alpha value is 0.660. The zero-order valence-corrected chi connectivity index (χ0v) is 14.0. The topological polar surface area (TPSA) is 3.24 Å². The Balaban J connectivity index is 3.98. The first kappa shape index (κ1) is 17.7. The van der Waals surface area contributed by atoms with Gasteiger partial charge in [0.2, 0.25) is 0 Å². The Morgan fingerprint density at radius 1 is 0.882 bits per heavy atom. The zero-order chi connectivity index (χ0) is 13.1. The first-order chi connectivity index (χ1) is 8.11. The Morgan fingerprint density at radius 2 is 1.35 bits per heavy atom. The third-order valence-corrected chi connectivity index (χ3v) is 4.42. The number of thioether (sulfide) groups is 2. The summed E-state index contributed by atoms with van der Waals surface area (Å²) >= 11 is 3.93. The van der Waals surface area contributed by atoms with Crippen LogP contribution < -0.4 is 0 Å². The highest BCUT2D eigenvalue weighted by Gasteiger charge is 2.14. The fraction of sp³-hybridized carbons (Fsp3) is 1.00. The lowest BCUT2D eigenvalue weighted by Gasteiger charge is -2.30. The van der Waals surface area contributed by atoms with E-state index in [2.05, 4.69) is 38.2 Å². The average Bonchev–Trinajstić information content (AvgIpc) is 2.26. The molecule has 0 saturated carbocycles. The Kier molecular flexibility index (Phi) is 12.2. The SMILES string of the molecule is CSCCCN(CCCSC)[C@@H](C)CC(C)C. The van der Waals surface area contributed by atoms with E-state index in [1.165, 1.54) is 43.9 Å². The van der Waals surface area contributed by atoms with Crippen LogP contribution in [0.15, 0.2) is 0 Å². The number of hydrogen-bond donors (Lipinski definition) is 0. The van der Waals surface area contributed by atoms with E-state index >= 15 is 0 Å². The smallest absolute Gasteiger partial charge is 0.00693 e. The molecule has 0 aromatic carbocycles. The molecule has 104 valence electrons. The molecule has 0 aromatic heterocycles. The van der Waals surface area contributed by atoms with E-state index in [0.717, 1.165) is 12.0 Å². The maximum Gasteiger partial charge on any atom is 0.00693 e. The second-order valence-electron chi connectivity index (χ2n) is 5.21. The number of hydrogen-bond acceptors (Lipinski definition) is 3. The molecule has 3 heteroatoms. The van der Waals surface area contributed by atoms with Gasteiger partial charge in [-0.25, -0.2) is 0 Å². The van der Waals surface area contributed by atoms with Gasteiger partial charge in [0.15, 0.2) is 0 Å². The van der Waals surface area contributed by atoms with Gasteiger partial charge in [-0.3, -0.25) is 0 Å². The highest BCUT2D eigenvalue weighted by atomic mass is 32.2. The van der Waals surface area contributed by atoms with Crippen molar-refractivity contribution in [3.05, 3.63) is 0 Å². The van der Waals surface area contributed by atoms with E-state index in [0.29, 0.717) is 0 Å². The van der Waals surface area contributed by atoms with Crippen molar-refractivity contribution in [2.24, 2.45) is 5.92 Å². The minimum atomic E-state index is 0.749. The summed E-state index contributed by atoms with van der Waals surface area (Å²) in [6.45, 7) is 9.63. The van der Waals surface area contributed by atoms with Crippen LogP contribution in [0, 0.1) is 5.92 Å². The molecule has 1 nitrogen and oxygen atoms in total. The molecular weight excluding hydrogens is 246 g/mol. The molecule has 0 N–H and O–H groups in total. The van der Waals surface area contributed by atoms with Crippen LogP contribution in [0.1, 0.15) is 40.0 Å². The van der Waals surface area contributed by atoms with Gasteiger partial charge in [0, 0.05) is 6.04 Å². The molecule has 0 bridgehead atoms. The van der Waals surface area contributed by atoms with Crippen molar-refractivity contribution in [2.75, 3.05) is 37.1 Å². The van der Waals surface area contributed by atoms with Crippen molar-refractivity contribution in [1.82, 2.24) is 4.90 Å². The molecular formula is C14H31NS2. The summed E-state index contributed by atoms with van der Waals surface area (Å²) in [4.78, 5) is 2.70. The highest BCUT2D eigenvalue weighted by molar-refractivity contribution is 7.98. The van der Waals surface area contributed by atoms with Crippen LogP contribution in [0.5, 0.6) is 0 Å². The molecule has 0 heterocycles. The second kappa shape index (κ2) is 11.7. The normalized spacial score (nSPS) is 13.6. The lowest BCUT2D eigenvalue weighted by atomic mass is 10.0. The van der Waals surface area contributed by atoms with E-state index in [-0.39, 0.29) is 0 Å². The first-order valence-electron chi connectivity index (χ1n) is 6.83. The lowest BCUT2D eigenvalue weighted by Crippen LogP contribution is -2.36. The van der Waals surface area contributed by atoms with E-state index in [1.807, 2.05) is 23.5 Å². The summed E-state index contributed by atoms with van der Waals surface area (Å²) in [6, 6.07) is 0.749. The Morgan fingerprint density at radius 3 is 1.71 bits per heavy atom. The zero-order valence-electron chi connectivity index (χ0n) is 12.4. The molecule has 0 amide bonds. The molecule has 0 aliphatic heterocycles. The quantitative estimate of drug-likeness (QED) is 0.520. The van der Waals surface area contributed by atoms with Crippen LogP contribution in [-0.2, 0) is 0 Å². The third kappa shape index (κ3) is 10.3. The maximum atomic E-state index is 2.70. The van der Waals surface area contributed by atoms with Crippen molar-refractivity contribution >= 4 is 23.5 Å². The van der Waals surface area contributed by atoms with Gasteiger partial charge in [-0.1, -0.05) is 13.8 Å². The largest absolute Gasteiger partial charge is 0.301 e. The van der Waals surface area contributed by atoms with E-state index in [4.69, 9.17) is 0 Å². The molecule has 0 aromatic rings. The van der Waals surface area contributed by atoms with Gasteiger partial charge in [-0.2, -0.15) is 23.5 Å². The van der Waals surface area contributed by atoms with Gasteiger partial charge < -0.3 is 4.90 Å². The Bertz CT molecular complexity index is 152. The summed E-state index contributed by atoms with van der Waals surface area (Å²) < 4.78 is 0. The molecule has 17 heavy (non-hydrogen) atoms. The molecule has 0 radical (unpaired) electrons. The molecule has 0 aliphatic rings. The molecule has 0 unspecified atom stereocenters. The minimum Gasteiger partial charge on any atom is -0.301 e. The van der Waals surface area contributed by atoms with Crippen molar-refractivity contribution in [2.45, 2.75) is 46.1 Å². The van der Waals surface area contributed by atoms with Crippen LogP contribution in [0.25, 0.3) is 0 Å². The predicted octanol–water partition coefficient (Wildman–Crippen LogP) is 4.23. The average molecular weight is 278 g/mol. The van der Waals surface area contributed by atoms with Crippen molar-refractivity contribution in [1.29, 1.82) is 0 Å². The lowest BCUT2D eigenvalue weighted by molar-refractivity contribution is 0.187. The van der Waals surface area contributed by atoms with E-state index < -0.39 is 0 Å². The van der Waals surface area contributed by atoms with Crippen LogP contribution in [0.2, 0.25) is 0 Å². The standard InChI is InChI=1S/C14H31NS2/c1-13(2)12-14(3)15(8-6-10-16-4)9-7-11-17-5/h13-14H,6-12H2,1-5H3/t14-/m0/s1. The van der Waals surface area contributed by atoms with E-state index in [1.54, 1.807) is 0 Å². The third-order valence-electron chi connectivity index (χ3n) is 3.02. The van der Waals surface area contributed by atoms with Crippen LogP contribution >= 0.6 is 23.5 Å². The predicted molar refractivity (Wildman–Crippen MR) is 86.5 cm³/mol. The molecule has 0 spiro atoms. The summed E-state index contributed by atoms with van der Waals surface area (Å²) in [6.07, 6.45) is 8.41. The fourth-order valence-electron chi connectivity index (χ4n) is 2.21. The van der Waals surface area contributed by atoms with Crippen LogP contribution in [0.3, 0.4) is 0 Å². The van der Waals surface area contributed by atoms with Crippen molar-refractivity contribution < 1.29 is 0 Å². The highest BCUT2D eigenvalue weighted by Crippen LogP contribution is 2.13. The minimum absolute atomic E-state index is 0.749. The molecule has 0 rings (SSSR count). The first-order valence-corrected chi connectivity index (χ1v) is 9.62. The summed E-state index contributed by atoms with van der Waals surface area (Å²) in [5.41, 5.74) is 0. The molecule has 0 saturated heterocycles. The van der Waals surface area contributed by atoms with Gasteiger partial charge in [-0.15, -0.1) is 0 Å². The van der Waals surface area contributed by atoms with Gasteiger partial charge in [0.1, 0.15) is 0 Å². The van der Waals surface area contributed by atoms with Crippen molar-refractivity contribution in [3.63, 3.8) is 0 Å². The second-order valence-corrected chi connectivity index (χ2v) is 7.18. The monoisotopic (exact) mass is 277 g/mol. The van der Waals surface area contributed by atoms with Crippen LogP contribution in [0.4, 0.5) is 0 Å². The number of rotatable bonds is 11. The summed E-state index contributed by atoms with van der Waals surface area (Å²) in [5, 5.41) is 0. The molecule has 1 atom stereocenters. The van der Waals surface area contributed by atoms with Crippen molar-refractivity contribution in [3.8, 4) is 0 Å². The summed E-state index contributed by atoms with van der Waals surface area (Å²) in [7, 11) is 0. The fourth-order valence-corrected chi connectivity index (χ4v) is 3.04. The summed E-state index contributed by atoms with van der Waals surface area (Å²) in [5.74, 6) is 3.41. The molecule has 0 fully saturated rings. The molecule has 0 aliphatic carbocycles. The van der Waals surface area contributed by atoms with Gasteiger partial charge >= 0.3 is 0 Å². The maximum absolute atomic E-state index is 2.70. The van der Waals surface area contributed by atoms with Crippen LogP contribution in [-0.4, -0.2) is 48.0 Å². The Labute approximate surface area is 117 Å². The van der Waals surface area contributed by atoms with E-state index in [9.17, 15) is 0 Å².